The maximum absolute atomic E-state index is 12.0. The Balaban J connectivity index is 1.85. The SMILES string of the molecule is CC1CCN(C(=O)NC(C)c2cccs2)CC1. The average Bonchev–Trinajstić information content (AvgIpc) is 2.83. The largest absolute Gasteiger partial charge is 0.331 e. The number of likely N-dealkylation sites (tertiary alicyclic amines) is 1. The van der Waals surface area contributed by atoms with Crippen molar-refractivity contribution in [3.05, 3.63) is 22.4 Å². The van der Waals surface area contributed by atoms with E-state index in [0.717, 1.165) is 31.8 Å². The minimum atomic E-state index is 0.0813. The number of carbonyl (C=O) groups excluding carboxylic acids is 1. The van der Waals surface area contributed by atoms with E-state index in [4.69, 9.17) is 0 Å². The molecule has 0 aromatic carbocycles. The average molecular weight is 252 g/mol. The number of thiophene rings is 1. The number of carbonyl (C=O) groups is 1. The molecule has 94 valence electrons. The maximum Gasteiger partial charge on any atom is 0.317 e. The van der Waals surface area contributed by atoms with Crippen LogP contribution in [0.3, 0.4) is 0 Å². The summed E-state index contributed by atoms with van der Waals surface area (Å²) in [4.78, 5) is 15.2. The molecule has 0 radical (unpaired) electrons. The zero-order valence-corrected chi connectivity index (χ0v) is 11.3. The number of hydrogen-bond acceptors (Lipinski definition) is 2. The Morgan fingerprint density at radius 3 is 2.82 bits per heavy atom. The van der Waals surface area contributed by atoms with Crippen LogP contribution < -0.4 is 5.32 Å². The van der Waals surface area contributed by atoms with Gasteiger partial charge >= 0.3 is 6.03 Å². The second kappa shape index (κ2) is 5.54. The van der Waals surface area contributed by atoms with E-state index in [1.807, 2.05) is 23.3 Å². The Bertz CT molecular complexity index is 356. The van der Waals surface area contributed by atoms with Crippen molar-refractivity contribution in [1.29, 1.82) is 0 Å². The topological polar surface area (TPSA) is 32.3 Å². The fourth-order valence-corrected chi connectivity index (χ4v) is 2.83. The first-order valence-corrected chi connectivity index (χ1v) is 7.13. The van der Waals surface area contributed by atoms with Gasteiger partial charge in [0.25, 0.3) is 0 Å². The third-order valence-electron chi connectivity index (χ3n) is 3.38. The molecule has 2 rings (SSSR count). The number of nitrogens with zero attached hydrogens (tertiary/aromatic N) is 1. The third-order valence-corrected chi connectivity index (χ3v) is 4.44. The van der Waals surface area contributed by atoms with Crippen LogP contribution in [0.1, 0.15) is 37.6 Å². The number of rotatable bonds is 2. The lowest BCUT2D eigenvalue weighted by atomic mass is 10.00. The molecule has 0 spiro atoms. The Kier molecular flexibility index (Phi) is 4.05. The molecule has 17 heavy (non-hydrogen) atoms. The minimum Gasteiger partial charge on any atom is -0.331 e. The first-order valence-electron chi connectivity index (χ1n) is 6.25. The molecule has 1 aliphatic heterocycles. The van der Waals surface area contributed by atoms with Gasteiger partial charge in [0.1, 0.15) is 0 Å². The standard InChI is InChI=1S/C13H20N2OS/c1-10-5-7-15(8-6-10)13(16)14-11(2)12-4-3-9-17-12/h3-4,9-11H,5-8H2,1-2H3,(H,14,16). The highest BCUT2D eigenvalue weighted by molar-refractivity contribution is 7.10. The van der Waals surface area contributed by atoms with E-state index < -0.39 is 0 Å². The van der Waals surface area contributed by atoms with E-state index in [-0.39, 0.29) is 12.1 Å². The lowest BCUT2D eigenvalue weighted by molar-refractivity contribution is 0.171. The van der Waals surface area contributed by atoms with Gasteiger partial charge in [-0.2, -0.15) is 0 Å². The molecule has 1 aromatic heterocycles. The maximum atomic E-state index is 12.0. The smallest absolute Gasteiger partial charge is 0.317 e. The lowest BCUT2D eigenvalue weighted by Crippen LogP contribution is -2.44. The summed E-state index contributed by atoms with van der Waals surface area (Å²) in [5.41, 5.74) is 0. The molecule has 3 nitrogen and oxygen atoms in total. The molecule has 1 N–H and O–H groups in total. The highest BCUT2D eigenvalue weighted by atomic mass is 32.1. The predicted octanol–water partition coefficient (Wildman–Crippen LogP) is 3.25. The summed E-state index contributed by atoms with van der Waals surface area (Å²) >= 11 is 1.69. The molecular formula is C13H20N2OS. The zero-order valence-electron chi connectivity index (χ0n) is 10.5. The number of amides is 2. The Morgan fingerprint density at radius 1 is 1.53 bits per heavy atom. The monoisotopic (exact) mass is 252 g/mol. The van der Waals surface area contributed by atoms with Crippen LogP contribution in [0.4, 0.5) is 4.79 Å². The molecule has 0 aliphatic carbocycles. The molecule has 1 atom stereocenters. The van der Waals surface area contributed by atoms with Gasteiger partial charge in [-0.05, 0) is 37.1 Å². The summed E-state index contributed by atoms with van der Waals surface area (Å²) in [5, 5.41) is 5.11. The minimum absolute atomic E-state index is 0.0813. The summed E-state index contributed by atoms with van der Waals surface area (Å²) in [6.07, 6.45) is 2.25. The van der Waals surface area contributed by atoms with Crippen LogP contribution in [-0.2, 0) is 0 Å². The number of nitrogens with one attached hydrogen (secondary N) is 1. The second-order valence-electron chi connectivity index (χ2n) is 4.86. The predicted molar refractivity (Wildman–Crippen MR) is 71.2 cm³/mol. The fourth-order valence-electron chi connectivity index (χ4n) is 2.10. The molecule has 2 amide bonds. The molecule has 1 saturated heterocycles. The summed E-state index contributed by atoms with van der Waals surface area (Å²) < 4.78 is 0. The number of piperidine rings is 1. The summed E-state index contributed by atoms with van der Waals surface area (Å²) in [6.45, 7) is 6.08. The van der Waals surface area contributed by atoms with Crippen molar-refractivity contribution in [2.45, 2.75) is 32.7 Å². The molecule has 1 aliphatic rings. The van der Waals surface area contributed by atoms with Crippen LogP contribution in [-0.4, -0.2) is 24.0 Å². The van der Waals surface area contributed by atoms with Gasteiger partial charge in [-0.3, -0.25) is 0 Å². The van der Waals surface area contributed by atoms with Gasteiger partial charge in [0.15, 0.2) is 0 Å². The molecule has 1 fully saturated rings. The van der Waals surface area contributed by atoms with Gasteiger partial charge in [0, 0.05) is 18.0 Å². The van der Waals surface area contributed by atoms with Crippen LogP contribution in [0.15, 0.2) is 17.5 Å². The van der Waals surface area contributed by atoms with Crippen molar-refractivity contribution in [3.63, 3.8) is 0 Å². The highest BCUT2D eigenvalue weighted by Crippen LogP contribution is 2.20. The van der Waals surface area contributed by atoms with Crippen LogP contribution in [0.25, 0.3) is 0 Å². The summed E-state index contributed by atoms with van der Waals surface area (Å²) in [5.74, 6) is 0.758. The third kappa shape index (κ3) is 3.22. The molecule has 4 heteroatoms. The molecular weight excluding hydrogens is 232 g/mol. The van der Waals surface area contributed by atoms with Gasteiger partial charge in [0.05, 0.1) is 6.04 Å². The first-order chi connectivity index (χ1) is 8.16. The van der Waals surface area contributed by atoms with Crippen molar-refractivity contribution in [2.75, 3.05) is 13.1 Å². The van der Waals surface area contributed by atoms with Crippen LogP contribution in [0.5, 0.6) is 0 Å². The van der Waals surface area contributed by atoms with E-state index in [0.29, 0.717) is 0 Å². The molecule has 2 heterocycles. The van der Waals surface area contributed by atoms with Crippen molar-refractivity contribution in [3.8, 4) is 0 Å². The van der Waals surface area contributed by atoms with E-state index in [1.54, 1.807) is 11.3 Å². The van der Waals surface area contributed by atoms with Gasteiger partial charge in [-0.15, -0.1) is 11.3 Å². The first kappa shape index (κ1) is 12.4. The van der Waals surface area contributed by atoms with Crippen LogP contribution in [0.2, 0.25) is 0 Å². The number of urea groups is 1. The molecule has 0 bridgehead atoms. The van der Waals surface area contributed by atoms with Crippen molar-refractivity contribution >= 4 is 17.4 Å². The van der Waals surface area contributed by atoms with E-state index in [9.17, 15) is 4.79 Å². The Morgan fingerprint density at radius 2 is 2.24 bits per heavy atom. The Labute approximate surface area is 107 Å². The van der Waals surface area contributed by atoms with Crippen molar-refractivity contribution in [2.24, 2.45) is 5.92 Å². The lowest BCUT2D eigenvalue weighted by Gasteiger charge is -2.31. The van der Waals surface area contributed by atoms with Gasteiger partial charge in [-0.25, -0.2) is 4.79 Å². The van der Waals surface area contributed by atoms with E-state index in [2.05, 4.69) is 18.3 Å². The highest BCUT2D eigenvalue weighted by Gasteiger charge is 2.21. The molecule has 0 saturated carbocycles. The normalized spacial score (nSPS) is 19.1. The summed E-state index contributed by atoms with van der Waals surface area (Å²) in [7, 11) is 0. The van der Waals surface area contributed by atoms with Crippen molar-refractivity contribution in [1.82, 2.24) is 10.2 Å². The van der Waals surface area contributed by atoms with Gasteiger partial charge in [0.2, 0.25) is 0 Å². The van der Waals surface area contributed by atoms with Crippen LogP contribution >= 0.6 is 11.3 Å². The van der Waals surface area contributed by atoms with Crippen LogP contribution in [0, 0.1) is 5.92 Å². The zero-order chi connectivity index (χ0) is 12.3. The van der Waals surface area contributed by atoms with E-state index >= 15 is 0 Å². The Hall–Kier alpha value is -1.03. The number of hydrogen-bond donors (Lipinski definition) is 1. The van der Waals surface area contributed by atoms with Gasteiger partial charge in [-0.1, -0.05) is 13.0 Å². The van der Waals surface area contributed by atoms with Gasteiger partial charge < -0.3 is 10.2 Å². The quantitative estimate of drug-likeness (QED) is 0.861. The molecule has 1 unspecified atom stereocenters. The van der Waals surface area contributed by atoms with E-state index in [1.165, 1.54) is 4.88 Å². The second-order valence-corrected chi connectivity index (χ2v) is 5.84. The summed E-state index contributed by atoms with van der Waals surface area (Å²) in [6, 6.07) is 4.28. The van der Waals surface area contributed by atoms with Crippen molar-refractivity contribution < 1.29 is 4.79 Å². The fraction of sp³-hybridized carbons (Fsp3) is 0.615. The molecule has 1 aromatic rings.